The summed E-state index contributed by atoms with van der Waals surface area (Å²) in [6.45, 7) is 7.67. The van der Waals surface area contributed by atoms with E-state index in [9.17, 15) is 8.78 Å². The van der Waals surface area contributed by atoms with E-state index in [-0.39, 0.29) is 5.56 Å². The van der Waals surface area contributed by atoms with Crippen LogP contribution in [0.4, 0.5) is 8.78 Å². The molecule has 0 radical (unpaired) electrons. The molecule has 5 nitrogen and oxygen atoms in total. The van der Waals surface area contributed by atoms with Gasteiger partial charge in [0, 0.05) is 42.9 Å². The van der Waals surface area contributed by atoms with Gasteiger partial charge in [-0.3, -0.25) is 9.97 Å². The molecular weight excluding hydrogens is 422 g/mol. The molecule has 0 unspecified atom stereocenters. The van der Waals surface area contributed by atoms with Crippen LogP contribution in [0.5, 0.6) is 0 Å². The van der Waals surface area contributed by atoms with Crippen LogP contribution in [-0.4, -0.2) is 33.1 Å². The average molecular weight is 451 g/mol. The van der Waals surface area contributed by atoms with Gasteiger partial charge in [-0.2, -0.15) is 0 Å². The largest absolute Gasteiger partial charge is 0.381 e. The van der Waals surface area contributed by atoms with Crippen LogP contribution in [0.15, 0.2) is 54.9 Å². The summed E-state index contributed by atoms with van der Waals surface area (Å²) < 4.78 is 32.0. The summed E-state index contributed by atoms with van der Waals surface area (Å²) in [4.78, 5) is 17.0. The lowest BCUT2D eigenvalue weighted by Gasteiger charge is -2.08. The average Bonchev–Trinajstić information content (AvgIpc) is 2.82. The van der Waals surface area contributed by atoms with Gasteiger partial charge in [0.25, 0.3) is 0 Å². The first kappa shape index (κ1) is 24.3. The maximum Gasteiger partial charge on any atom is 0.135 e. The molecule has 1 aliphatic rings. The third-order valence-electron chi connectivity index (χ3n) is 5.07. The fraction of sp³-hybridized carbons (Fsp3) is 0.308. The van der Waals surface area contributed by atoms with E-state index < -0.39 is 11.6 Å². The predicted molar refractivity (Wildman–Crippen MR) is 126 cm³/mol. The van der Waals surface area contributed by atoms with Crippen molar-refractivity contribution in [1.29, 1.82) is 0 Å². The third kappa shape index (κ3) is 7.08. The molecule has 7 heteroatoms. The van der Waals surface area contributed by atoms with Crippen molar-refractivity contribution < 1.29 is 13.5 Å². The first-order valence-electron chi connectivity index (χ1n) is 11.0. The van der Waals surface area contributed by atoms with Gasteiger partial charge in [0.1, 0.15) is 22.8 Å². The maximum absolute atomic E-state index is 13.9. The highest BCUT2D eigenvalue weighted by molar-refractivity contribution is 5.89. The molecule has 1 fully saturated rings. The lowest BCUT2D eigenvalue weighted by molar-refractivity contribution is 0.0968. The number of aromatic nitrogens is 4. The van der Waals surface area contributed by atoms with Crippen LogP contribution in [0, 0.1) is 32.4 Å². The number of hydrogen-bond donors (Lipinski definition) is 0. The monoisotopic (exact) mass is 450 g/mol. The van der Waals surface area contributed by atoms with Crippen LogP contribution in [-0.2, 0) is 4.74 Å². The Morgan fingerprint density at radius 1 is 0.788 bits per heavy atom. The summed E-state index contributed by atoms with van der Waals surface area (Å²) in [6.07, 6.45) is 7.26. The molecule has 1 aliphatic heterocycles. The number of rotatable bonds is 1. The van der Waals surface area contributed by atoms with E-state index >= 15 is 0 Å². The van der Waals surface area contributed by atoms with Gasteiger partial charge in [-0.25, -0.2) is 18.7 Å². The van der Waals surface area contributed by atoms with Crippen LogP contribution in [0.1, 0.15) is 36.3 Å². The Morgan fingerprint density at radius 2 is 1.55 bits per heavy atom. The van der Waals surface area contributed by atoms with Crippen LogP contribution in [0.25, 0.3) is 22.3 Å². The molecule has 0 bridgehead atoms. The molecule has 4 aromatic rings. The second-order valence-electron chi connectivity index (χ2n) is 7.69. The fourth-order valence-electron chi connectivity index (χ4n) is 3.17. The molecule has 0 amide bonds. The SMILES string of the molecule is C1CCOCC1.Cc1ccccn1.Cc1nc2ccnc(-c3ccc(F)cc3F)c2nc1C. The molecule has 0 saturated carbocycles. The van der Waals surface area contributed by atoms with Crippen LogP contribution in [0.2, 0.25) is 0 Å². The van der Waals surface area contributed by atoms with Crippen molar-refractivity contribution >= 4 is 11.0 Å². The Hall–Kier alpha value is -3.32. The number of pyridine rings is 2. The highest BCUT2D eigenvalue weighted by Crippen LogP contribution is 2.27. The standard InChI is InChI=1S/C15H11F2N3.C6H7N.C5H10O/c1-8-9(2)20-15-13(19-8)5-6-18-14(15)11-4-3-10(16)7-12(11)17;1-6-4-2-3-5-7-6;1-2-4-6-5-3-1/h3-7H,1-2H3;2-5H,1H3;1-5H2. The van der Waals surface area contributed by atoms with Crippen molar-refractivity contribution in [3.8, 4) is 11.3 Å². The van der Waals surface area contributed by atoms with Crippen LogP contribution < -0.4 is 0 Å². The van der Waals surface area contributed by atoms with Gasteiger partial charge < -0.3 is 4.74 Å². The zero-order valence-corrected chi connectivity index (χ0v) is 19.2. The normalized spacial score (nSPS) is 12.9. The first-order valence-corrected chi connectivity index (χ1v) is 11.0. The van der Waals surface area contributed by atoms with E-state index in [1.54, 1.807) is 18.5 Å². The zero-order valence-electron chi connectivity index (χ0n) is 19.2. The highest BCUT2D eigenvalue weighted by Gasteiger charge is 2.13. The van der Waals surface area contributed by atoms with E-state index in [1.807, 2.05) is 39.0 Å². The Kier molecular flexibility index (Phi) is 8.89. The second-order valence-corrected chi connectivity index (χ2v) is 7.69. The minimum absolute atomic E-state index is 0.217. The van der Waals surface area contributed by atoms with Gasteiger partial charge in [-0.05, 0) is 70.4 Å². The van der Waals surface area contributed by atoms with Crippen molar-refractivity contribution in [3.63, 3.8) is 0 Å². The van der Waals surface area contributed by atoms with Crippen molar-refractivity contribution in [3.05, 3.63) is 83.6 Å². The first-order chi connectivity index (χ1) is 16.0. The minimum Gasteiger partial charge on any atom is -0.381 e. The third-order valence-corrected chi connectivity index (χ3v) is 5.07. The molecule has 3 aromatic heterocycles. The Bertz CT molecular complexity index is 1170. The Morgan fingerprint density at radius 3 is 2.09 bits per heavy atom. The molecule has 4 heterocycles. The van der Waals surface area contributed by atoms with Crippen molar-refractivity contribution in [2.75, 3.05) is 13.2 Å². The smallest absolute Gasteiger partial charge is 0.135 e. The number of hydrogen-bond acceptors (Lipinski definition) is 5. The van der Waals surface area contributed by atoms with E-state index in [1.165, 1.54) is 31.4 Å². The molecule has 5 rings (SSSR count). The van der Waals surface area contributed by atoms with Crippen molar-refractivity contribution in [2.24, 2.45) is 0 Å². The molecule has 172 valence electrons. The number of aryl methyl sites for hydroxylation is 3. The van der Waals surface area contributed by atoms with Crippen molar-refractivity contribution in [2.45, 2.75) is 40.0 Å². The number of fused-ring (bicyclic) bond motifs is 1. The van der Waals surface area contributed by atoms with Gasteiger partial charge in [0.15, 0.2) is 0 Å². The van der Waals surface area contributed by atoms with Gasteiger partial charge >= 0.3 is 0 Å². The second kappa shape index (κ2) is 12.1. The summed E-state index contributed by atoms with van der Waals surface area (Å²) in [5.41, 5.74) is 4.39. The van der Waals surface area contributed by atoms with Crippen LogP contribution in [0.3, 0.4) is 0 Å². The minimum atomic E-state index is -0.662. The Labute approximate surface area is 192 Å². The molecular formula is C26H28F2N4O. The summed E-state index contributed by atoms with van der Waals surface area (Å²) in [5.74, 6) is -1.28. The molecule has 0 aliphatic carbocycles. The number of benzene rings is 1. The van der Waals surface area contributed by atoms with Gasteiger partial charge in [-0.15, -0.1) is 0 Å². The topological polar surface area (TPSA) is 60.8 Å². The van der Waals surface area contributed by atoms with E-state index in [0.717, 1.165) is 36.4 Å². The Balaban J connectivity index is 0.000000191. The maximum atomic E-state index is 13.9. The van der Waals surface area contributed by atoms with E-state index in [0.29, 0.717) is 16.7 Å². The molecule has 0 N–H and O–H groups in total. The summed E-state index contributed by atoms with van der Waals surface area (Å²) in [6, 6.07) is 11.0. The van der Waals surface area contributed by atoms with Crippen molar-refractivity contribution in [1.82, 2.24) is 19.9 Å². The highest BCUT2D eigenvalue weighted by atomic mass is 19.1. The van der Waals surface area contributed by atoms with Gasteiger partial charge in [0.05, 0.1) is 16.9 Å². The lowest BCUT2D eigenvalue weighted by Crippen LogP contribution is -2.03. The molecule has 1 aromatic carbocycles. The fourth-order valence-corrected chi connectivity index (χ4v) is 3.17. The van der Waals surface area contributed by atoms with Gasteiger partial charge in [0.2, 0.25) is 0 Å². The summed E-state index contributed by atoms with van der Waals surface area (Å²) in [5, 5.41) is 0. The number of halogens is 2. The number of ether oxygens (including phenoxy) is 1. The molecule has 0 spiro atoms. The lowest BCUT2D eigenvalue weighted by atomic mass is 10.1. The zero-order chi connectivity index (χ0) is 23.6. The number of nitrogens with zero attached hydrogens (tertiary/aromatic N) is 4. The molecule has 0 atom stereocenters. The predicted octanol–water partition coefficient (Wildman–Crippen LogP) is 6.16. The van der Waals surface area contributed by atoms with Gasteiger partial charge in [-0.1, -0.05) is 6.07 Å². The summed E-state index contributed by atoms with van der Waals surface area (Å²) in [7, 11) is 0. The van der Waals surface area contributed by atoms with Crippen LogP contribution >= 0.6 is 0 Å². The summed E-state index contributed by atoms with van der Waals surface area (Å²) >= 11 is 0. The molecule has 33 heavy (non-hydrogen) atoms. The quantitative estimate of drug-likeness (QED) is 0.347. The van der Waals surface area contributed by atoms with E-state index in [2.05, 4.69) is 19.9 Å². The van der Waals surface area contributed by atoms with E-state index in [4.69, 9.17) is 4.74 Å². The molecule has 1 saturated heterocycles.